The zero-order chi connectivity index (χ0) is 12.3. The Balaban J connectivity index is 1.99. The number of rotatable bonds is 4. The van der Waals surface area contributed by atoms with Gasteiger partial charge in [0.05, 0.1) is 6.61 Å². The molecule has 2 atom stereocenters. The maximum Gasteiger partial charge on any atom is 0.322 e. The van der Waals surface area contributed by atoms with Gasteiger partial charge in [0, 0.05) is 16.7 Å². The fourth-order valence-corrected chi connectivity index (χ4v) is 3.11. The molecule has 3 nitrogen and oxygen atoms in total. The van der Waals surface area contributed by atoms with Crippen molar-refractivity contribution in [3.8, 4) is 0 Å². The molecule has 92 valence electrons. The highest BCUT2D eigenvalue weighted by Gasteiger charge is 2.26. The third-order valence-corrected chi connectivity index (χ3v) is 3.97. The highest BCUT2D eigenvalue weighted by atomic mass is 32.2. The number of nitrogens with one attached hydrogen (secondary N) is 1. The SMILES string of the molecule is CCOC(=O)C(C)NC1CSc2ccccc21. The summed E-state index contributed by atoms with van der Waals surface area (Å²) in [5, 5.41) is 3.32. The van der Waals surface area contributed by atoms with Gasteiger partial charge in [0.15, 0.2) is 0 Å². The minimum Gasteiger partial charge on any atom is -0.465 e. The van der Waals surface area contributed by atoms with E-state index in [2.05, 4.69) is 17.4 Å². The fraction of sp³-hybridized carbons (Fsp3) is 0.462. The number of carbonyl (C=O) groups is 1. The maximum absolute atomic E-state index is 11.6. The van der Waals surface area contributed by atoms with E-state index in [9.17, 15) is 4.79 Å². The Labute approximate surface area is 106 Å². The van der Waals surface area contributed by atoms with E-state index in [4.69, 9.17) is 4.74 Å². The van der Waals surface area contributed by atoms with E-state index in [0.29, 0.717) is 6.61 Å². The van der Waals surface area contributed by atoms with Gasteiger partial charge in [-0.25, -0.2) is 0 Å². The summed E-state index contributed by atoms with van der Waals surface area (Å²) in [6, 6.07) is 8.31. The Hall–Kier alpha value is -1.00. The molecule has 1 aromatic rings. The lowest BCUT2D eigenvalue weighted by Gasteiger charge is -2.18. The lowest BCUT2D eigenvalue weighted by atomic mass is 10.1. The number of hydrogen-bond acceptors (Lipinski definition) is 4. The van der Waals surface area contributed by atoms with Crippen molar-refractivity contribution in [2.24, 2.45) is 0 Å². The van der Waals surface area contributed by atoms with Crippen LogP contribution in [0.4, 0.5) is 0 Å². The van der Waals surface area contributed by atoms with Crippen molar-refractivity contribution in [1.82, 2.24) is 5.32 Å². The third-order valence-electron chi connectivity index (χ3n) is 2.79. The van der Waals surface area contributed by atoms with Crippen LogP contribution in [0.25, 0.3) is 0 Å². The third kappa shape index (κ3) is 2.82. The molecule has 2 rings (SSSR count). The lowest BCUT2D eigenvalue weighted by Crippen LogP contribution is -2.38. The van der Waals surface area contributed by atoms with E-state index >= 15 is 0 Å². The predicted molar refractivity (Wildman–Crippen MR) is 69.1 cm³/mol. The van der Waals surface area contributed by atoms with Gasteiger partial charge in [-0.3, -0.25) is 10.1 Å². The van der Waals surface area contributed by atoms with Gasteiger partial charge in [-0.1, -0.05) is 18.2 Å². The Morgan fingerprint density at radius 2 is 2.35 bits per heavy atom. The van der Waals surface area contributed by atoms with Crippen molar-refractivity contribution in [1.29, 1.82) is 0 Å². The van der Waals surface area contributed by atoms with Gasteiger partial charge in [0.2, 0.25) is 0 Å². The van der Waals surface area contributed by atoms with Gasteiger partial charge in [-0.2, -0.15) is 0 Å². The van der Waals surface area contributed by atoms with E-state index in [1.165, 1.54) is 10.5 Å². The molecule has 1 N–H and O–H groups in total. The quantitative estimate of drug-likeness (QED) is 0.834. The van der Waals surface area contributed by atoms with E-state index < -0.39 is 0 Å². The predicted octanol–water partition coefficient (Wildman–Crippen LogP) is 2.37. The van der Waals surface area contributed by atoms with Crippen molar-refractivity contribution in [3.63, 3.8) is 0 Å². The maximum atomic E-state index is 11.6. The first-order chi connectivity index (χ1) is 8.22. The molecule has 4 heteroatoms. The second-order valence-corrected chi connectivity index (χ2v) is 5.10. The molecule has 0 spiro atoms. The van der Waals surface area contributed by atoms with Crippen LogP contribution in [0.3, 0.4) is 0 Å². The van der Waals surface area contributed by atoms with Crippen molar-refractivity contribution >= 4 is 17.7 Å². The normalized spacial score (nSPS) is 19.8. The first-order valence-electron chi connectivity index (χ1n) is 5.86. The minimum absolute atomic E-state index is 0.179. The number of esters is 1. The van der Waals surface area contributed by atoms with Gasteiger partial charge in [-0.05, 0) is 25.5 Å². The Morgan fingerprint density at radius 1 is 1.59 bits per heavy atom. The zero-order valence-corrected chi connectivity index (χ0v) is 10.9. The Morgan fingerprint density at radius 3 is 3.12 bits per heavy atom. The standard InChI is InChI=1S/C13H17NO2S/c1-3-16-13(15)9(2)14-11-8-17-12-7-5-4-6-10(11)12/h4-7,9,11,14H,3,8H2,1-2H3. The summed E-state index contributed by atoms with van der Waals surface area (Å²) in [5.74, 6) is 0.796. The minimum atomic E-state index is -0.258. The van der Waals surface area contributed by atoms with Crippen LogP contribution < -0.4 is 5.32 Å². The second kappa shape index (κ2) is 5.56. The zero-order valence-electron chi connectivity index (χ0n) is 10.1. The summed E-state index contributed by atoms with van der Waals surface area (Å²) in [5.41, 5.74) is 1.29. The van der Waals surface area contributed by atoms with Crippen LogP contribution in [-0.2, 0) is 9.53 Å². The molecule has 1 aliphatic heterocycles. The molecule has 0 radical (unpaired) electrons. The molecule has 0 amide bonds. The fourth-order valence-electron chi connectivity index (χ4n) is 1.94. The highest BCUT2D eigenvalue weighted by Crippen LogP contribution is 2.37. The molecule has 1 aliphatic rings. The molecule has 17 heavy (non-hydrogen) atoms. The monoisotopic (exact) mass is 251 g/mol. The summed E-state index contributed by atoms with van der Waals surface area (Å²) >= 11 is 1.83. The largest absolute Gasteiger partial charge is 0.465 e. The molecular weight excluding hydrogens is 234 g/mol. The first kappa shape index (κ1) is 12.5. The van der Waals surface area contributed by atoms with Crippen molar-refractivity contribution in [2.45, 2.75) is 30.8 Å². The molecular formula is C13H17NO2S. The Kier molecular flexibility index (Phi) is 4.07. The highest BCUT2D eigenvalue weighted by molar-refractivity contribution is 7.99. The molecule has 2 unspecified atom stereocenters. The summed E-state index contributed by atoms with van der Waals surface area (Å²) in [6.45, 7) is 4.11. The molecule has 0 saturated carbocycles. The van der Waals surface area contributed by atoms with E-state index in [1.807, 2.05) is 37.7 Å². The van der Waals surface area contributed by atoms with Crippen LogP contribution >= 0.6 is 11.8 Å². The van der Waals surface area contributed by atoms with Gasteiger partial charge >= 0.3 is 5.97 Å². The number of carbonyl (C=O) groups excluding carboxylic acids is 1. The van der Waals surface area contributed by atoms with E-state index in [0.717, 1.165) is 5.75 Å². The van der Waals surface area contributed by atoms with Crippen molar-refractivity contribution < 1.29 is 9.53 Å². The van der Waals surface area contributed by atoms with Gasteiger partial charge in [0.25, 0.3) is 0 Å². The van der Waals surface area contributed by atoms with Crippen LogP contribution in [0.5, 0.6) is 0 Å². The first-order valence-corrected chi connectivity index (χ1v) is 6.85. The molecule has 0 saturated heterocycles. The van der Waals surface area contributed by atoms with E-state index in [-0.39, 0.29) is 18.1 Å². The number of fused-ring (bicyclic) bond motifs is 1. The molecule has 0 aromatic heterocycles. The van der Waals surface area contributed by atoms with Crippen molar-refractivity contribution in [3.05, 3.63) is 29.8 Å². The average Bonchev–Trinajstić information content (AvgIpc) is 2.73. The average molecular weight is 251 g/mol. The van der Waals surface area contributed by atoms with Crippen LogP contribution in [0.1, 0.15) is 25.5 Å². The summed E-state index contributed by atoms with van der Waals surface area (Å²) < 4.78 is 4.99. The van der Waals surface area contributed by atoms with Gasteiger partial charge in [-0.15, -0.1) is 11.8 Å². The number of ether oxygens (including phenoxy) is 1. The van der Waals surface area contributed by atoms with Gasteiger partial charge in [0.1, 0.15) is 6.04 Å². The summed E-state index contributed by atoms with van der Waals surface area (Å²) in [4.78, 5) is 12.9. The van der Waals surface area contributed by atoms with Crippen LogP contribution in [0.15, 0.2) is 29.2 Å². The van der Waals surface area contributed by atoms with Crippen LogP contribution in [0, 0.1) is 0 Å². The van der Waals surface area contributed by atoms with E-state index in [1.54, 1.807) is 0 Å². The summed E-state index contributed by atoms with van der Waals surface area (Å²) in [6.07, 6.45) is 0. The van der Waals surface area contributed by atoms with Crippen molar-refractivity contribution in [2.75, 3.05) is 12.4 Å². The number of thioether (sulfide) groups is 1. The smallest absolute Gasteiger partial charge is 0.322 e. The Bertz CT molecular complexity index is 408. The summed E-state index contributed by atoms with van der Waals surface area (Å²) in [7, 11) is 0. The second-order valence-electron chi connectivity index (χ2n) is 4.04. The molecule has 0 fully saturated rings. The van der Waals surface area contributed by atoms with Crippen LogP contribution in [0.2, 0.25) is 0 Å². The van der Waals surface area contributed by atoms with Gasteiger partial charge < -0.3 is 4.74 Å². The van der Waals surface area contributed by atoms with Crippen LogP contribution in [-0.4, -0.2) is 24.4 Å². The number of hydrogen-bond donors (Lipinski definition) is 1. The number of benzene rings is 1. The molecule has 0 aliphatic carbocycles. The molecule has 1 heterocycles. The molecule has 0 bridgehead atoms. The topological polar surface area (TPSA) is 38.3 Å². The molecule has 1 aromatic carbocycles. The lowest BCUT2D eigenvalue weighted by molar-refractivity contribution is -0.145.